The maximum Gasteiger partial charge on any atom is 0.161 e. The summed E-state index contributed by atoms with van der Waals surface area (Å²) in [7, 11) is 0. The Balaban J connectivity index is 1.76. The predicted octanol–water partition coefficient (Wildman–Crippen LogP) is 3.30. The van der Waals surface area contributed by atoms with Gasteiger partial charge in [-0.1, -0.05) is 18.2 Å². The van der Waals surface area contributed by atoms with E-state index in [1.165, 1.54) is 9.13 Å². The smallest absolute Gasteiger partial charge is 0.161 e. The molecule has 3 rings (SSSR count). The van der Waals surface area contributed by atoms with E-state index in [0.29, 0.717) is 13.2 Å². The van der Waals surface area contributed by atoms with Crippen LogP contribution < -0.4 is 15.2 Å². The first-order valence-electron chi connectivity index (χ1n) is 6.62. The third-order valence-corrected chi connectivity index (χ3v) is 4.08. The Kier molecular flexibility index (Phi) is 4.12. The van der Waals surface area contributed by atoms with Crippen LogP contribution in [0.5, 0.6) is 11.5 Å². The van der Waals surface area contributed by atoms with E-state index in [9.17, 15) is 0 Å². The molecule has 0 radical (unpaired) electrons. The SMILES string of the molecule is NC(Cc1ccc(I)cc1)c1ccc2c(c1)OCCO2. The Morgan fingerprint density at radius 3 is 2.45 bits per heavy atom. The molecule has 0 spiro atoms. The van der Waals surface area contributed by atoms with Crippen LogP contribution in [0.25, 0.3) is 0 Å². The zero-order valence-electron chi connectivity index (χ0n) is 11.0. The maximum absolute atomic E-state index is 6.30. The number of nitrogens with two attached hydrogens (primary N) is 1. The molecule has 0 fully saturated rings. The molecule has 2 N–H and O–H groups in total. The van der Waals surface area contributed by atoms with Gasteiger partial charge in [0.15, 0.2) is 11.5 Å². The molecule has 0 amide bonds. The molecule has 0 saturated heterocycles. The molecule has 3 nitrogen and oxygen atoms in total. The minimum atomic E-state index is -0.0362. The topological polar surface area (TPSA) is 44.5 Å². The zero-order chi connectivity index (χ0) is 13.9. The van der Waals surface area contributed by atoms with E-state index < -0.39 is 0 Å². The number of rotatable bonds is 3. The van der Waals surface area contributed by atoms with Crippen molar-refractivity contribution in [3.8, 4) is 11.5 Å². The van der Waals surface area contributed by atoms with Gasteiger partial charge in [0, 0.05) is 9.61 Å². The number of halogens is 1. The molecule has 0 aromatic heterocycles. The van der Waals surface area contributed by atoms with E-state index in [4.69, 9.17) is 15.2 Å². The summed E-state index contributed by atoms with van der Waals surface area (Å²) < 4.78 is 12.4. The normalized spacial score (nSPS) is 14.9. The van der Waals surface area contributed by atoms with Gasteiger partial charge in [-0.05, 0) is 64.4 Å². The Hall–Kier alpha value is -1.27. The van der Waals surface area contributed by atoms with Gasteiger partial charge in [-0.3, -0.25) is 0 Å². The lowest BCUT2D eigenvalue weighted by molar-refractivity contribution is 0.171. The number of hydrogen-bond donors (Lipinski definition) is 1. The van der Waals surface area contributed by atoms with Gasteiger partial charge >= 0.3 is 0 Å². The van der Waals surface area contributed by atoms with Crippen LogP contribution in [0, 0.1) is 3.57 Å². The summed E-state index contributed by atoms with van der Waals surface area (Å²) in [6.07, 6.45) is 0.816. The van der Waals surface area contributed by atoms with Gasteiger partial charge in [-0.15, -0.1) is 0 Å². The van der Waals surface area contributed by atoms with E-state index in [1.807, 2.05) is 18.2 Å². The third kappa shape index (κ3) is 3.07. The predicted molar refractivity (Wildman–Crippen MR) is 87.2 cm³/mol. The average Bonchev–Trinajstić information content (AvgIpc) is 2.49. The number of hydrogen-bond acceptors (Lipinski definition) is 3. The van der Waals surface area contributed by atoms with E-state index >= 15 is 0 Å². The second kappa shape index (κ2) is 6.01. The van der Waals surface area contributed by atoms with Crippen molar-refractivity contribution in [2.45, 2.75) is 12.5 Å². The fourth-order valence-electron chi connectivity index (χ4n) is 2.28. The fourth-order valence-corrected chi connectivity index (χ4v) is 2.64. The Labute approximate surface area is 132 Å². The first-order chi connectivity index (χ1) is 9.72. The molecule has 0 aliphatic carbocycles. The monoisotopic (exact) mass is 381 g/mol. The van der Waals surface area contributed by atoms with E-state index in [2.05, 4.69) is 46.9 Å². The highest BCUT2D eigenvalue weighted by molar-refractivity contribution is 14.1. The van der Waals surface area contributed by atoms with Crippen molar-refractivity contribution < 1.29 is 9.47 Å². The summed E-state index contributed by atoms with van der Waals surface area (Å²) in [5.74, 6) is 1.60. The van der Waals surface area contributed by atoms with Crippen LogP contribution in [-0.2, 0) is 6.42 Å². The molecule has 2 aromatic carbocycles. The van der Waals surface area contributed by atoms with Gasteiger partial charge in [0.25, 0.3) is 0 Å². The summed E-state index contributed by atoms with van der Waals surface area (Å²) in [4.78, 5) is 0. The Morgan fingerprint density at radius 2 is 1.70 bits per heavy atom. The highest BCUT2D eigenvalue weighted by Crippen LogP contribution is 2.32. The van der Waals surface area contributed by atoms with Crippen molar-refractivity contribution in [3.05, 3.63) is 57.2 Å². The molecule has 2 aromatic rings. The zero-order valence-corrected chi connectivity index (χ0v) is 13.2. The quantitative estimate of drug-likeness (QED) is 0.830. The van der Waals surface area contributed by atoms with Crippen molar-refractivity contribution in [2.24, 2.45) is 5.73 Å². The van der Waals surface area contributed by atoms with Crippen LogP contribution in [0.2, 0.25) is 0 Å². The van der Waals surface area contributed by atoms with E-state index in [1.54, 1.807) is 0 Å². The summed E-state index contributed by atoms with van der Waals surface area (Å²) in [5.41, 5.74) is 8.62. The van der Waals surface area contributed by atoms with Gasteiger partial charge < -0.3 is 15.2 Å². The van der Waals surface area contributed by atoms with Crippen molar-refractivity contribution in [2.75, 3.05) is 13.2 Å². The van der Waals surface area contributed by atoms with Crippen LogP contribution >= 0.6 is 22.6 Å². The second-order valence-electron chi connectivity index (χ2n) is 4.84. The Bertz CT molecular complexity index is 598. The lowest BCUT2D eigenvalue weighted by Gasteiger charge is -2.20. The summed E-state index contributed by atoms with van der Waals surface area (Å²) in [5, 5.41) is 0. The van der Waals surface area contributed by atoms with Gasteiger partial charge in [0.1, 0.15) is 13.2 Å². The third-order valence-electron chi connectivity index (χ3n) is 3.36. The van der Waals surface area contributed by atoms with Crippen molar-refractivity contribution in [3.63, 3.8) is 0 Å². The molecule has 1 unspecified atom stereocenters. The first kappa shape index (κ1) is 13.7. The van der Waals surface area contributed by atoms with Gasteiger partial charge in [0.2, 0.25) is 0 Å². The highest BCUT2D eigenvalue weighted by Gasteiger charge is 2.15. The summed E-state index contributed by atoms with van der Waals surface area (Å²) >= 11 is 2.30. The van der Waals surface area contributed by atoms with Crippen molar-refractivity contribution in [1.82, 2.24) is 0 Å². The molecule has 1 heterocycles. The molecule has 1 aliphatic heterocycles. The first-order valence-corrected chi connectivity index (χ1v) is 7.70. The maximum atomic E-state index is 6.30. The molecule has 0 bridgehead atoms. The van der Waals surface area contributed by atoms with Crippen molar-refractivity contribution in [1.29, 1.82) is 0 Å². The number of ether oxygens (including phenoxy) is 2. The van der Waals surface area contributed by atoms with Crippen molar-refractivity contribution >= 4 is 22.6 Å². The molecule has 4 heteroatoms. The van der Waals surface area contributed by atoms with Gasteiger partial charge in [0.05, 0.1) is 0 Å². The molecular formula is C16H16INO2. The Morgan fingerprint density at radius 1 is 1.00 bits per heavy atom. The van der Waals surface area contributed by atoms with Crippen LogP contribution in [0.1, 0.15) is 17.2 Å². The molecule has 20 heavy (non-hydrogen) atoms. The lowest BCUT2D eigenvalue weighted by atomic mass is 9.99. The van der Waals surface area contributed by atoms with Crippen LogP contribution in [0.3, 0.4) is 0 Å². The average molecular weight is 381 g/mol. The second-order valence-corrected chi connectivity index (χ2v) is 6.09. The highest BCUT2D eigenvalue weighted by atomic mass is 127. The molecule has 104 valence electrons. The van der Waals surface area contributed by atoms with E-state index in [0.717, 1.165) is 23.5 Å². The minimum absolute atomic E-state index is 0.0362. The van der Waals surface area contributed by atoms with Crippen LogP contribution in [0.4, 0.5) is 0 Å². The molecular weight excluding hydrogens is 365 g/mol. The standard InChI is InChI=1S/C16H16INO2/c17-13-4-1-11(2-5-13)9-14(18)12-3-6-15-16(10-12)20-8-7-19-15/h1-6,10,14H,7-9,18H2. The number of benzene rings is 2. The van der Waals surface area contributed by atoms with Crippen LogP contribution in [0.15, 0.2) is 42.5 Å². The molecule has 1 atom stereocenters. The number of fused-ring (bicyclic) bond motifs is 1. The molecule has 0 saturated carbocycles. The largest absolute Gasteiger partial charge is 0.486 e. The van der Waals surface area contributed by atoms with E-state index in [-0.39, 0.29) is 6.04 Å². The van der Waals surface area contributed by atoms with Crippen LogP contribution in [-0.4, -0.2) is 13.2 Å². The summed E-state index contributed by atoms with van der Waals surface area (Å²) in [6, 6.07) is 14.4. The minimum Gasteiger partial charge on any atom is -0.486 e. The fraction of sp³-hybridized carbons (Fsp3) is 0.250. The van der Waals surface area contributed by atoms with Gasteiger partial charge in [-0.25, -0.2) is 0 Å². The lowest BCUT2D eigenvalue weighted by Crippen LogP contribution is -2.17. The van der Waals surface area contributed by atoms with Gasteiger partial charge in [-0.2, -0.15) is 0 Å². The molecule has 1 aliphatic rings. The summed E-state index contributed by atoms with van der Waals surface area (Å²) in [6.45, 7) is 1.21.